The summed E-state index contributed by atoms with van der Waals surface area (Å²) in [5.41, 5.74) is 13.0. The molecule has 1 nitrogen and oxygen atoms in total. The summed E-state index contributed by atoms with van der Waals surface area (Å²) in [6, 6.07) is 86.3. The Bertz CT molecular complexity index is 3310. The minimum atomic E-state index is 1.10. The van der Waals surface area contributed by atoms with Gasteiger partial charge in [-0.1, -0.05) is 200 Å². The normalized spacial score (nSPS) is 11.4. The number of anilines is 3. The van der Waals surface area contributed by atoms with Gasteiger partial charge in [-0.25, -0.2) is 0 Å². The molecule has 11 aromatic rings. The monoisotopic (exact) mass is 749 g/mol. The molecule has 0 spiro atoms. The van der Waals surface area contributed by atoms with Gasteiger partial charge >= 0.3 is 0 Å². The van der Waals surface area contributed by atoms with E-state index in [2.05, 4.69) is 241 Å². The SMILES string of the molecule is c1ccc(-c2ccc(-c3ccc(N(c4ccc(-c5cccc6ccccc56)cc4)c4ccc5ccc6ccccc6c5c4)c4ccccc34)cc2-c2ccccc2)cc1. The molecule has 0 atom stereocenters. The van der Waals surface area contributed by atoms with E-state index < -0.39 is 0 Å². The van der Waals surface area contributed by atoms with Crippen LogP contribution in [-0.2, 0) is 0 Å². The third kappa shape index (κ3) is 6.21. The molecule has 0 amide bonds. The molecular weight excluding hydrogens is 711 g/mol. The molecule has 0 aliphatic heterocycles. The lowest BCUT2D eigenvalue weighted by molar-refractivity contribution is 1.30. The highest BCUT2D eigenvalue weighted by Gasteiger charge is 2.20. The lowest BCUT2D eigenvalue weighted by atomic mass is 9.89. The van der Waals surface area contributed by atoms with Crippen molar-refractivity contribution < 1.29 is 0 Å². The molecule has 11 aromatic carbocycles. The average Bonchev–Trinajstić information content (AvgIpc) is 3.32. The van der Waals surface area contributed by atoms with Crippen LogP contribution in [0.15, 0.2) is 237 Å². The van der Waals surface area contributed by atoms with Gasteiger partial charge in [0, 0.05) is 16.8 Å². The number of fused-ring (bicyclic) bond motifs is 5. The van der Waals surface area contributed by atoms with E-state index in [-0.39, 0.29) is 0 Å². The fraction of sp³-hybridized carbons (Fsp3) is 0. The number of nitrogens with zero attached hydrogens (tertiary/aromatic N) is 1. The van der Waals surface area contributed by atoms with Gasteiger partial charge in [-0.3, -0.25) is 0 Å². The summed E-state index contributed by atoms with van der Waals surface area (Å²) < 4.78 is 0. The number of hydrogen-bond acceptors (Lipinski definition) is 1. The summed E-state index contributed by atoms with van der Waals surface area (Å²) in [5, 5.41) is 9.87. The molecule has 276 valence electrons. The van der Waals surface area contributed by atoms with Crippen molar-refractivity contribution in [2.45, 2.75) is 0 Å². The molecule has 0 unspecified atom stereocenters. The molecule has 0 fully saturated rings. The molecule has 0 heterocycles. The molecule has 0 aliphatic rings. The molecule has 1 heteroatoms. The van der Waals surface area contributed by atoms with Gasteiger partial charge in [0.1, 0.15) is 0 Å². The Morgan fingerprint density at radius 2 is 0.712 bits per heavy atom. The molecule has 59 heavy (non-hydrogen) atoms. The minimum Gasteiger partial charge on any atom is -0.310 e. The van der Waals surface area contributed by atoms with Crippen LogP contribution in [0.4, 0.5) is 17.1 Å². The van der Waals surface area contributed by atoms with Gasteiger partial charge in [-0.05, 0) is 119 Å². The standard InChI is InChI=1S/C58H39N/c1-3-14-40(15-4-1)52-35-31-46(38-56(52)42-16-5-2-6-17-42)53-36-37-58(55-24-12-11-23-54(53)55)59(48-34-30-45-27-26-43-19-8-10-22-51(43)57(45)39-48)47-32-28-44(29-33-47)50-25-13-20-41-18-7-9-21-49(41)50/h1-39H. The first-order valence-electron chi connectivity index (χ1n) is 20.3. The Morgan fingerprint density at radius 1 is 0.220 bits per heavy atom. The van der Waals surface area contributed by atoms with Crippen LogP contribution in [0.2, 0.25) is 0 Å². The van der Waals surface area contributed by atoms with Crippen LogP contribution in [0.3, 0.4) is 0 Å². The molecule has 11 rings (SSSR count). The highest BCUT2D eigenvalue weighted by Crippen LogP contribution is 2.45. The van der Waals surface area contributed by atoms with Crippen LogP contribution in [0.1, 0.15) is 0 Å². The van der Waals surface area contributed by atoms with E-state index in [0.29, 0.717) is 0 Å². The smallest absolute Gasteiger partial charge is 0.0540 e. The zero-order valence-electron chi connectivity index (χ0n) is 32.5. The van der Waals surface area contributed by atoms with Gasteiger partial charge in [0.05, 0.1) is 5.69 Å². The minimum absolute atomic E-state index is 1.10. The van der Waals surface area contributed by atoms with E-state index in [9.17, 15) is 0 Å². The molecule has 0 aromatic heterocycles. The van der Waals surface area contributed by atoms with E-state index in [1.165, 1.54) is 87.6 Å². The summed E-state index contributed by atoms with van der Waals surface area (Å²) in [7, 11) is 0. The lowest BCUT2D eigenvalue weighted by Gasteiger charge is -2.28. The number of benzene rings is 11. The van der Waals surface area contributed by atoms with Crippen LogP contribution in [0.25, 0.3) is 87.6 Å². The van der Waals surface area contributed by atoms with Crippen molar-refractivity contribution in [3.8, 4) is 44.5 Å². The summed E-state index contributed by atoms with van der Waals surface area (Å²) in [4.78, 5) is 2.44. The molecule has 0 aliphatic carbocycles. The van der Waals surface area contributed by atoms with Crippen molar-refractivity contribution in [1.82, 2.24) is 0 Å². The average molecular weight is 750 g/mol. The van der Waals surface area contributed by atoms with Crippen LogP contribution in [0, 0.1) is 0 Å². The van der Waals surface area contributed by atoms with E-state index in [4.69, 9.17) is 0 Å². The molecule has 0 radical (unpaired) electrons. The molecule has 0 saturated heterocycles. The first kappa shape index (κ1) is 34.5. The highest BCUT2D eigenvalue weighted by molar-refractivity contribution is 6.11. The Labute approximate surface area is 344 Å². The summed E-state index contributed by atoms with van der Waals surface area (Å²) in [5.74, 6) is 0. The van der Waals surface area contributed by atoms with Gasteiger partial charge < -0.3 is 4.90 Å². The van der Waals surface area contributed by atoms with Crippen molar-refractivity contribution in [3.05, 3.63) is 237 Å². The highest BCUT2D eigenvalue weighted by atomic mass is 15.1. The maximum Gasteiger partial charge on any atom is 0.0540 e. The maximum absolute atomic E-state index is 2.44. The predicted octanol–water partition coefficient (Wildman–Crippen LogP) is 16.4. The Morgan fingerprint density at radius 3 is 1.46 bits per heavy atom. The fourth-order valence-corrected chi connectivity index (χ4v) is 8.99. The molecule has 0 bridgehead atoms. The van der Waals surface area contributed by atoms with Gasteiger partial charge in [0.15, 0.2) is 0 Å². The number of hydrogen-bond donors (Lipinski definition) is 0. The summed E-state index contributed by atoms with van der Waals surface area (Å²) in [6.07, 6.45) is 0. The molecule has 0 saturated carbocycles. The lowest BCUT2D eigenvalue weighted by Crippen LogP contribution is -2.10. The first-order chi connectivity index (χ1) is 29.3. The van der Waals surface area contributed by atoms with Crippen LogP contribution >= 0.6 is 0 Å². The van der Waals surface area contributed by atoms with E-state index >= 15 is 0 Å². The van der Waals surface area contributed by atoms with Gasteiger partial charge in [-0.2, -0.15) is 0 Å². The Balaban J connectivity index is 1.10. The Kier molecular flexibility index (Phi) is 8.56. The third-order valence-corrected chi connectivity index (χ3v) is 11.9. The molecular formula is C58H39N. The van der Waals surface area contributed by atoms with Gasteiger partial charge in [-0.15, -0.1) is 0 Å². The van der Waals surface area contributed by atoms with E-state index in [1.807, 2.05) is 0 Å². The van der Waals surface area contributed by atoms with Crippen molar-refractivity contribution in [2.24, 2.45) is 0 Å². The van der Waals surface area contributed by atoms with Crippen molar-refractivity contribution in [2.75, 3.05) is 4.90 Å². The fourth-order valence-electron chi connectivity index (χ4n) is 8.99. The zero-order chi connectivity index (χ0) is 39.1. The maximum atomic E-state index is 2.44. The van der Waals surface area contributed by atoms with Gasteiger partial charge in [0.25, 0.3) is 0 Å². The van der Waals surface area contributed by atoms with Crippen molar-refractivity contribution >= 4 is 60.2 Å². The van der Waals surface area contributed by atoms with Crippen molar-refractivity contribution in [3.63, 3.8) is 0 Å². The zero-order valence-corrected chi connectivity index (χ0v) is 32.5. The largest absolute Gasteiger partial charge is 0.310 e. The Hall–Kier alpha value is -7.74. The van der Waals surface area contributed by atoms with Gasteiger partial charge in [0.2, 0.25) is 0 Å². The van der Waals surface area contributed by atoms with E-state index in [0.717, 1.165) is 17.1 Å². The number of rotatable bonds is 7. The first-order valence-corrected chi connectivity index (χ1v) is 20.3. The summed E-state index contributed by atoms with van der Waals surface area (Å²) in [6.45, 7) is 0. The second kappa shape index (κ2) is 14.6. The quantitative estimate of drug-likeness (QED) is 0.147. The second-order valence-corrected chi connectivity index (χ2v) is 15.3. The van der Waals surface area contributed by atoms with Crippen LogP contribution in [0.5, 0.6) is 0 Å². The second-order valence-electron chi connectivity index (χ2n) is 15.3. The van der Waals surface area contributed by atoms with Crippen LogP contribution < -0.4 is 4.90 Å². The van der Waals surface area contributed by atoms with Crippen LogP contribution in [-0.4, -0.2) is 0 Å². The van der Waals surface area contributed by atoms with E-state index in [1.54, 1.807) is 0 Å². The third-order valence-electron chi connectivity index (χ3n) is 11.9. The predicted molar refractivity (Wildman–Crippen MR) is 253 cm³/mol. The molecule has 0 N–H and O–H groups in total. The summed E-state index contributed by atoms with van der Waals surface area (Å²) >= 11 is 0. The van der Waals surface area contributed by atoms with Crippen molar-refractivity contribution in [1.29, 1.82) is 0 Å². The topological polar surface area (TPSA) is 3.24 Å².